The van der Waals surface area contributed by atoms with Gasteiger partial charge in [0, 0.05) is 16.2 Å². The quantitative estimate of drug-likeness (QED) is 0.866. The lowest BCUT2D eigenvalue weighted by Crippen LogP contribution is -2.27. The van der Waals surface area contributed by atoms with Crippen LogP contribution in [-0.2, 0) is 12.8 Å². The maximum absolute atomic E-state index is 3.64. The second-order valence-corrected chi connectivity index (χ2v) is 5.69. The van der Waals surface area contributed by atoms with Crippen molar-refractivity contribution in [1.29, 1.82) is 0 Å². The third kappa shape index (κ3) is 2.44. The highest BCUT2D eigenvalue weighted by atomic mass is 79.9. The molecular formula is C16H16BrN. The van der Waals surface area contributed by atoms with Gasteiger partial charge < -0.3 is 5.32 Å². The zero-order valence-electron chi connectivity index (χ0n) is 10.2. The smallest absolute Gasteiger partial charge is 0.0486 e. The summed E-state index contributed by atoms with van der Waals surface area (Å²) in [6.45, 7) is 0. The maximum atomic E-state index is 3.64. The van der Waals surface area contributed by atoms with E-state index in [9.17, 15) is 0 Å². The second kappa shape index (κ2) is 5.15. The first-order valence-electron chi connectivity index (χ1n) is 6.41. The molecule has 0 saturated carbocycles. The largest absolute Gasteiger partial charge is 0.381 e. The van der Waals surface area contributed by atoms with E-state index in [1.165, 1.54) is 29.7 Å². The minimum Gasteiger partial charge on any atom is -0.381 e. The molecule has 1 aliphatic rings. The minimum atomic E-state index is 0.540. The predicted octanol–water partition coefficient (Wildman–Crippen LogP) is 4.42. The van der Waals surface area contributed by atoms with E-state index in [1.807, 2.05) is 6.07 Å². The maximum Gasteiger partial charge on any atom is 0.0486 e. The summed E-state index contributed by atoms with van der Waals surface area (Å²) in [5, 5.41) is 3.64. The van der Waals surface area contributed by atoms with E-state index in [1.54, 1.807) is 0 Å². The summed E-state index contributed by atoms with van der Waals surface area (Å²) in [7, 11) is 0. The highest BCUT2D eigenvalue weighted by molar-refractivity contribution is 9.10. The molecule has 1 nitrogen and oxygen atoms in total. The van der Waals surface area contributed by atoms with Gasteiger partial charge in [-0.2, -0.15) is 0 Å². The van der Waals surface area contributed by atoms with Crippen LogP contribution in [-0.4, -0.2) is 6.04 Å². The van der Waals surface area contributed by atoms with E-state index in [2.05, 4.69) is 63.7 Å². The van der Waals surface area contributed by atoms with E-state index in [0.717, 1.165) is 10.9 Å². The zero-order chi connectivity index (χ0) is 12.4. The van der Waals surface area contributed by atoms with Crippen LogP contribution in [0, 0.1) is 0 Å². The van der Waals surface area contributed by atoms with Crippen molar-refractivity contribution in [1.82, 2.24) is 0 Å². The highest BCUT2D eigenvalue weighted by Crippen LogP contribution is 2.27. The Labute approximate surface area is 116 Å². The van der Waals surface area contributed by atoms with Crippen LogP contribution in [0.25, 0.3) is 0 Å². The van der Waals surface area contributed by atoms with Gasteiger partial charge in [0.25, 0.3) is 0 Å². The van der Waals surface area contributed by atoms with Gasteiger partial charge in [-0.25, -0.2) is 0 Å². The summed E-state index contributed by atoms with van der Waals surface area (Å²) in [4.78, 5) is 0. The van der Waals surface area contributed by atoms with Crippen molar-refractivity contribution in [2.24, 2.45) is 0 Å². The lowest BCUT2D eigenvalue weighted by molar-refractivity contribution is 0.610. The minimum absolute atomic E-state index is 0.540. The van der Waals surface area contributed by atoms with Crippen molar-refractivity contribution in [2.75, 3.05) is 5.32 Å². The fraction of sp³-hybridized carbons (Fsp3) is 0.250. The van der Waals surface area contributed by atoms with Crippen LogP contribution in [0.4, 0.5) is 5.69 Å². The summed E-state index contributed by atoms with van der Waals surface area (Å²) in [6, 6.07) is 17.7. The Hall–Kier alpha value is -1.28. The molecule has 1 unspecified atom stereocenters. The number of fused-ring (bicyclic) bond motifs is 1. The molecule has 18 heavy (non-hydrogen) atoms. The van der Waals surface area contributed by atoms with Crippen LogP contribution in [0.3, 0.4) is 0 Å². The lowest BCUT2D eigenvalue weighted by Gasteiger charge is -2.26. The van der Waals surface area contributed by atoms with Crippen LogP contribution in [0.5, 0.6) is 0 Å². The average molecular weight is 302 g/mol. The average Bonchev–Trinajstić information content (AvgIpc) is 2.41. The first kappa shape index (κ1) is 11.8. The lowest BCUT2D eigenvalue weighted by atomic mass is 9.88. The zero-order valence-corrected chi connectivity index (χ0v) is 11.8. The van der Waals surface area contributed by atoms with E-state index < -0.39 is 0 Å². The van der Waals surface area contributed by atoms with Gasteiger partial charge in [-0.05, 0) is 58.5 Å². The summed E-state index contributed by atoms with van der Waals surface area (Å²) in [5.41, 5.74) is 4.21. The number of halogens is 1. The SMILES string of the molecule is Brc1ccccc1NC1CCc2ccccc2C1. The molecule has 1 N–H and O–H groups in total. The molecular weight excluding hydrogens is 286 g/mol. The number of hydrogen-bond acceptors (Lipinski definition) is 1. The Kier molecular flexibility index (Phi) is 3.37. The first-order chi connectivity index (χ1) is 8.83. The topological polar surface area (TPSA) is 12.0 Å². The molecule has 2 aromatic carbocycles. The highest BCUT2D eigenvalue weighted by Gasteiger charge is 2.18. The molecule has 0 bridgehead atoms. The molecule has 2 heteroatoms. The third-order valence-electron chi connectivity index (χ3n) is 3.58. The Bertz CT molecular complexity index is 550. The fourth-order valence-electron chi connectivity index (χ4n) is 2.62. The van der Waals surface area contributed by atoms with Crippen LogP contribution in [0.2, 0.25) is 0 Å². The van der Waals surface area contributed by atoms with E-state index in [0.29, 0.717) is 6.04 Å². The molecule has 0 spiro atoms. The number of anilines is 1. The molecule has 1 aliphatic carbocycles. The molecule has 0 aromatic heterocycles. The predicted molar refractivity (Wildman–Crippen MR) is 80.0 cm³/mol. The molecule has 0 aliphatic heterocycles. The van der Waals surface area contributed by atoms with Gasteiger partial charge in [-0.3, -0.25) is 0 Å². The van der Waals surface area contributed by atoms with Gasteiger partial charge in [0.1, 0.15) is 0 Å². The van der Waals surface area contributed by atoms with Crippen molar-refractivity contribution in [3.63, 3.8) is 0 Å². The van der Waals surface area contributed by atoms with Gasteiger partial charge in [-0.15, -0.1) is 0 Å². The monoisotopic (exact) mass is 301 g/mol. The van der Waals surface area contributed by atoms with Gasteiger partial charge in [0.2, 0.25) is 0 Å². The van der Waals surface area contributed by atoms with Gasteiger partial charge in [0.05, 0.1) is 0 Å². The van der Waals surface area contributed by atoms with Gasteiger partial charge >= 0.3 is 0 Å². The second-order valence-electron chi connectivity index (χ2n) is 4.83. The van der Waals surface area contributed by atoms with Crippen LogP contribution in [0.15, 0.2) is 53.0 Å². The molecule has 0 fully saturated rings. The van der Waals surface area contributed by atoms with Crippen molar-refractivity contribution in [2.45, 2.75) is 25.3 Å². The molecule has 2 aromatic rings. The van der Waals surface area contributed by atoms with Gasteiger partial charge in [-0.1, -0.05) is 36.4 Å². The number of para-hydroxylation sites is 1. The molecule has 3 rings (SSSR count). The standard InChI is InChI=1S/C16H16BrN/c17-15-7-3-4-8-16(15)18-14-10-9-12-5-1-2-6-13(12)11-14/h1-8,14,18H,9-11H2. The Morgan fingerprint density at radius 2 is 1.67 bits per heavy atom. The summed E-state index contributed by atoms with van der Waals surface area (Å²) < 4.78 is 1.14. The number of rotatable bonds is 2. The van der Waals surface area contributed by atoms with E-state index in [-0.39, 0.29) is 0 Å². The van der Waals surface area contributed by atoms with Crippen molar-refractivity contribution < 1.29 is 0 Å². The molecule has 92 valence electrons. The molecule has 0 saturated heterocycles. The molecule has 1 atom stereocenters. The Morgan fingerprint density at radius 3 is 2.50 bits per heavy atom. The molecule has 0 amide bonds. The van der Waals surface area contributed by atoms with Crippen molar-refractivity contribution >= 4 is 21.6 Å². The number of nitrogens with one attached hydrogen (secondary N) is 1. The fourth-order valence-corrected chi connectivity index (χ4v) is 3.02. The number of benzene rings is 2. The number of hydrogen-bond donors (Lipinski definition) is 1. The summed E-state index contributed by atoms with van der Waals surface area (Å²) >= 11 is 3.59. The third-order valence-corrected chi connectivity index (χ3v) is 4.27. The van der Waals surface area contributed by atoms with Crippen LogP contribution < -0.4 is 5.32 Å². The summed E-state index contributed by atoms with van der Waals surface area (Å²) in [5.74, 6) is 0. The normalized spacial score (nSPS) is 18.2. The molecule has 0 heterocycles. The Balaban J connectivity index is 1.75. The first-order valence-corrected chi connectivity index (χ1v) is 7.20. The Morgan fingerprint density at radius 1 is 0.944 bits per heavy atom. The molecule has 0 radical (unpaired) electrons. The number of aryl methyl sites for hydroxylation is 1. The van der Waals surface area contributed by atoms with Crippen molar-refractivity contribution in [3.8, 4) is 0 Å². The van der Waals surface area contributed by atoms with E-state index in [4.69, 9.17) is 0 Å². The van der Waals surface area contributed by atoms with Crippen molar-refractivity contribution in [3.05, 3.63) is 64.1 Å². The van der Waals surface area contributed by atoms with Crippen LogP contribution >= 0.6 is 15.9 Å². The van der Waals surface area contributed by atoms with Crippen LogP contribution in [0.1, 0.15) is 17.5 Å². The van der Waals surface area contributed by atoms with E-state index >= 15 is 0 Å². The summed E-state index contributed by atoms with van der Waals surface area (Å²) in [6.07, 6.45) is 3.51. The van der Waals surface area contributed by atoms with Gasteiger partial charge in [0.15, 0.2) is 0 Å².